The Morgan fingerprint density at radius 3 is 2.65 bits per heavy atom. The van der Waals surface area contributed by atoms with E-state index in [1.807, 2.05) is 6.07 Å². The van der Waals surface area contributed by atoms with E-state index >= 15 is 0 Å². The lowest BCUT2D eigenvalue weighted by Gasteiger charge is -2.42. The molecule has 0 amide bonds. The summed E-state index contributed by atoms with van der Waals surface area (Å²) >= 11 is 0. The van der Waals surface area contributed by atoms with E-state index in [0.29, 0.717) is 12.4 Å². The lowest BCUT2D eigenvalue weighted by Crippen LogP contribution is -2.39. The van der Waals surface area contributed by atoms with Gasteiger partial charge in [0, 0.05) is 36.8 Å². The predicted octanol–water partition coefficient (Wildman–Crippen LogP) is 4.57. The second-order valence-corrected chi connectivity index (χ2v) is 8.79. The summed E-state index contributed by atoms with van der Waals surface area (Å²) in [6.45, 7) is 2.31. The van der Waals surface area contributed by atoms with E-state index in [0.717, 1.165) is 54.3 Å². The van der Waals surface area contributed by atoms with Crippen molar-refractivity contribution in [3.05, 3.63) is 86.5 Å². The zero-order chi connectivity index (χ0) is 23.2. The van der Waals surface area contributed by atoms with Gasteiger partial charge in [-0.15, -0.1) is 0 Å². The van der Waals surface area contributed by atoms with E-state index in [1.165, 1.54) is 28.8 Å². The molecule has 8 heteroatoms. The van der Waals surface area contributed by atoms with Gasteiger partial charge in [-0.25, -0.2) is 0 Å². The number of nitro benzene ring substituents is 1. The van der Waals surface area contributed by atoms with Gasteiger partial charge in [-0.2, -0.15) is 0 Å². The van der Waals surface area contributed by atoms with Gasteiger partial charge in [0.2, 0.25) is 6.79 Å². The van der Waals surface area contributed by atoms with Crippen molar-refractivity contribution in [1.29, 1.82) is 0 Å². The molecule has 1 unspecified atom stereocenters. The molecular weight excluding hydrogens is 436 g/mol. The summed E-state index contributed by atoms with van der Waals surface area (Å²) in [6.07, 6.45) is 1.83. The summed E-state index contributed by atoms with van der Waals surface area (Å²) in [5.74, 6) is 3.11. The number of nitro groups is 1. The highest BCUT2D eigenvalue weighted by Gasteiger charge is 2.35. The van der Waals surface area contributed by atoms with E-state index in [1.54, 1.807) is 19.2 Å². The Bertz CT molecular complexity index is 1270. The van der Waals surface area contributed by atoms with E-state index < -0.39 is 4.92 Å². The van der Waals surface area contributed by atoms with Crippen LogP contribution in [0.15, 0.2) is 48.5 Å². The van der Waals surface area contributed by atoms with Crippen LogP contribution in [-0.4, -0.2) is 30.3 Å². The van der Waals surface area contributed by atoms with Crippen LogP contribution in [0.2, 0.25) is 0 Å². The third kappa shape index (κ3) is 3.51. The highest BCUT2D eigenvalue weighted by molar-refractivity contribution is 5.55. The zero-order valence-corrected chi connectivity index (χ0v) is 18.8. The topological polar surface area (TPSA) is 83.3 Å². The highest BCUT2D eigenvalue weighted by atomic mass is 16.7. The number of methoxy groups -OCH3 is 1. The number of ether oxygens (including phenoxy) is 4. The molecule has 174 valence electrons. The molecule has 0 saturated carbocycles. The van der Waals surface area contributed by atoms with E-state index in [4.69, 9.17) is 18.9 Å². The standard InChI is InChI=1S/C26H24N2O6/c1-31-23-7-4-17-10-22-20-12-25-24(33-15-34-25)11-18(20)8-9-27(22)13-21(17)26(23)32-14-16-2-5-19(6-3-16)28(29)30/h2-7,11-12,22H,8-10,13-15H2,1H3. The minimum atomic E-state index is -0.401. The number of benzene rings is 3. The highest BCUT2D eigenvalue weighted by Crippen LogP contribution is 2.46. The van der Waals surface area contributed by atoms with Crippen LogP contribution in [-0.2, 0) is 26.0 Å². The van der Waals surface area contributed by atoms with Crippen molar-refractivity contribution in [2.75, 3.05) is 20.4 Å². The molecule has 0 spiro atoms. The summed E-state index contributed by atoms with van der Waals surface area (Å²) < 4.78 is 23.1. The number of nitrogens with zero attached hydrogens (tertiary/aromatic N) is 2. The molecule has 0 radical (unpaired) electrons. The van der Waals surface area contributed by atoms with E-state index in [2.05, 4.69) is 23.1 Å². The van der Waals surface area contributed by atoms with Crippen LogP contribution in [0.3, 0.4) is 0 Å². The first-order chi connectivity index (χ1) is 16.6. The van der Waals surface area contributed by atoms with Crippen molar-refractivity contribution in [1.82, 2.24) is 4.90 Å². The molecule has 3 heterocycles. The second kappa shape index (κ2) is 8.22. The first kappa shape index (κ1) is 20.8. The normalized spacial score (nSPS) is 18.0. The number of non-ortho nitro benzene ring substituents is 1. The molecule has 0 aliphatic carbocycles. The number of rotatable bonds is 5. The van der Waals surface area contributed by atoms with Gasteiger partial charge >= 0.3 is 0 Å². The van der Waals surface area contributed by atoms with Gasteiger partial charge in [0.1, 0.15) is 6.61 Å². The minimum absolute atomic E-state index is 0.0671. The van der Waals surface area contributed by atoms with E-state index in [-0.39, 0.29) is 18.5 Å². The lowest BCUT2D eigenvalue weighted by atomic mass is 9.83. The fraction of sp³-hybridized carbons (Fsp3) is 0.308. The Morgan fingerprint density at radius 2 is 1.88 bits per heavy atom. The molecule has 1 atom stereocenters. The van der Waals surface area contributed by atoms with Crippen molar-refractivity contribution in [3.8, 4) is 23.0 Å². The van der Waals surface area contributed by atoms with Crippen LogP contribution in [0.5, 0.6) is 23.0 Å². The van der Waals surface area contributed by atoms with Gasteiger partial charge in [0.15, 0.2) is 23.0 Å². The van der Waals surface area contributed by atoms with Gasteiger partial charge in [-0.1, -0.05) is 6.07 Å². The van der Waals surface area contributed by atoms with Gasteiger partial charge in [0.05, 0.1) is 12.0 Å². The maximum Gasteiger partial charge on any atom is 0.269 e. The van der Waals surface area contributed by atoms with Crippen LogP contribution in [0.4, 0.5) is 5.69 Å². The maximum absolute atomic E-state index is 10.9. The number of fused-ring (bicyclic) bond motifs is 5. The largest absolute Gasteiger partial charge is 0.493 e. The summed E-state index contributed by atoms with van der Waals surface area (Å²) in [6, 6.07) is 15.1. The van der Waals surface area contributed by atoms with Crippen molar-refractivity contribution in [2.45, 2.75) is 32.0 Å². The fourth-order valence-electron chi connectivity index (χ4n) is 5.18. The Hall–Kier alpha value is -3.78. The average Bonchev–Trinajstić information content (AvgIpc) is 3.32. The van der Waals surface area contributed by atoms with Crippen molar-refractivity contribution in [3.63, 3.8) is 0 Å². The molecule has 8 nitrogen and oxygen atoms in total. The summed E-state index contributed by atoms with van der Waals surface area (Å²) in [7, 11) is 1.64. The Balaban J connectivity index is 1.29. The van der Waals surface area contributed by atoms with Crippen LogP contribution in [0, 0.1) is 10.1 Å². The quantitative estimate of drug-likeness (QED) is 0.407. The van der Waals surface area contributed by atoms with E-state index in [9.17, 15) is 10.1 Å². The number of hydrogen-bond donors (Lipinski definition) is 0. The molecule has 0 N–H and O–H groups in total. The van der Waals surface area contributed by atoms with Gasteiger partial charge in [-0.3, -0.25) is 15.0 Å². The molecule has 0 saturated heterocycles. The summed E-state index contributed by atoms with van der Waals surface area (Å²) in [5, 5.41) is 10.9. The third-order valence-corrected chi connectivity index (χ3v) is 6.95. The van der Waals surface area contributed by atoms with Crippen molar-refractivity contribution in [2.24, 2.45) is 0 Å². The Kier molecular flexibility index (Phi) is 5.03. The number of hydrogen-bond acceptors (Lipinski definition) is 7. The monoisotopic (exact) mass is 460 g/mol. The van der Waals surface area contributed by atoms with Crippen molar-refractivity contribution < 1.29 is 23.9 Å². The molecule has 34 heavy (non-hydrogen) atoms. The second-order valence-electron chi connectivity index (χ2n) is 8.79. The molecular formula is C26H24N2O6. The Labute approximate surface area is 196 Å². The Morgan fingerprint density at radius 1 is 1.09 bits per heavy atom. The molecule has 3 aliphatic heterocycles. The molecule has 0 aromatic heterocycles. The predicted molar refractivity (Wildman–Crippen MR) is 124 cm³/mol. The minimum Gasteiger partial charge on any atom is -0.493 e. The maximum atomic E-state index is 10.9. The van der Waals surface area contributed by atoms with Gasteiger partial charge in [-0.05, 0) is 65.4 Å². The molecule has 3 aromatic rings. The van der Waals surface area contributed by atoms with Crippen LogP contribution >= 0.6 is 0 Å². The zero-order valence-electron chi connectivity index (χ0n) is 18.8. The molecule has 0 fully saturated rings. The lowest BCUT2D eigenvalue weighted by molar-refractivity contribution is -0.384. The molecule has 0 bridgehead atoms. The SMILES string of the molecule is COc1ccc2c(c1OCc1ccc([N+](=O)[O-])cc1)CN1CCc3cc4c(cc3C1C2)OCO4. The smallest absolute Gasteiger partial charge is 0.269 e. The molecule has 3 aliphatic rings. The van der Waals surface area contributed by atoms with Crippen LogP contribution in [0.25, 0.3) is 0 Å². The van der Waals surface area contributed by atoms with Crippen molar-refractivity contribution >= 4 is 5.69 Å². The van der Waals surface area contributed by atoms with Gasteiger partial charge < -0.3 is 18.9 Å². The average molecular weight is 460 g/mol. The fourth-order valence-corrected chi connectivity index (χ4v) is 5.18. The van der Waals surface area contributed by atoms with Crippen LogP contribution in [0.1, 0.15) is 33.9 Å². The van der Waals surface area contributed by atoms with Gasteiger partial charge in [0.25, 0.3) is 5.69 Å². The summed E-state index contributed by atoms with van der Waals surface area (Å²) in [4.78, 5) is 13.0. The first-order valence-electron chi connectivity index (χ1n) is 11.3. The first-order valence-corrected chi connectivity index (χ1v) is 11.3. The summed E-state index contributed by atoms with van der Waals surface area (Å²) in [5.41, 5.74) is 5.95. The molecule has 6 rings (SSSR count). The molecule has 3 aromatic carbocycles. The third-order valence-electron chi connectivity index (χ3n) is 6.95. The van der Waals surface area contributed by atoms with Crippen LogP contribution < -0.4 is 18.9 Å².